The number of non-ortho nitro benzene ring substituents is 1. The molecule has 3 atom stereocenters. The number of nitro groups is 1. The van der Waals surface area contributed by atoms with Gasteiger partial charge in [-0.1, -0.05) is 67.1 Å². The average Bonchev–Trinajstić information content (AvgIpc) is 2.75. The lowest BCUT2D eigenvalue weighted by molar-refractivity contribution is -0.384. The summed E-state index contributed by atoms with van der Waals surface area (Å²) in [6.45, 7) is 4.15. The van der Waals surface area contributed by atoms with E-state index in [0.29, 0.717) is 5.90 Å². The van der Waals surface area contributed by atoms with Crippen molar-refractivity contribution in [2.45, 2.75) is 26.0 Å². The molecule has 0 bridgehead atoms. The van der Waals surface area contributed by atoms with Crippen molar-refractivity contribution in [2.75, 3.05) is 0 Å². The van der Waals surface area contributed by atoms with E-state index in [1.807, 2.05) is 49.4 Å². The summed E-state index contributed by atoms with van der Waals surface area (Å²) in [6.07, 6.45) is -0.162. The summed E-state index contributed by atoms with van der Waals surface area (Å²) in [4.78, 5) is 15.5. The van der Waals surface area contributed by atoms with Crippen LogP contribution < -0.4 is 0 Å². The maximum atomic E-state index is 11.0. The average molecular weight is 386 g/mol. The van der Waals surface area contributed by atoms with Crippen LogP contribution in [-0.4, -0.2) is 10.8 Å². The normalized spacial score (nSPS) is 21.2. The molecule has 0 N–H and O–H groups in total. The van der Waals surface area contributed by atoms with Gasteiger partial charge in [0.1, 0.15) is 6.10 Å². The number of ether oxygens (including phenoxy) is 1. The molecule has 4 rings (SSSR count). The Morgan fingerprint density at radius 1 is 0.897 bits per heavy atom. The van der Waals surface area contributed by atoms with Crippen LogP contribution >= 0.6 is 0 Å². The van der Waals surface area contributed by atoms with Crippen molar-refractivity contribution in [1.29, 1.82) is 0 Å². The van der Waals surface area contributed by atoms with E-state index in [2.05, 4.69) is 19.1 Å². The van der Waals surface area contributed by atoms with E-state index >= 15 is 0 Å². The summed E-state index contributed by atoms with van der Waals surface area (Å²) >= 11 is 0. The van der Waals surface area contributed by atoms with Crippen molar-refractivity contribution in [3.8, 4) is 0 Å². The molecule has 29 heavy (non-hydrogen) atoms. The summed E-state index contributed by atoms with van der Waals surface area (Å²) in [7, 11) is 0. The Kier molecular flexibility index (Phi) is 5.12. The highest BCUT2D eigenvalue weighted by Gasteiger charge is 2.35. The number of hydrogen-bond donors (Lipinski definition) is 0. The first kappa shape index (κ1) is 18.9. The number of hydrogen-bond acceptors (Lipinski definition) is 4. The quantitative estimate of drug-likeness (QED) is 0.420. The first-order valence-electron chi connectivity index (χ1n) is 9.64. The lowest BCUT2D eigenvalue weighted by Crippen LogP contribution is -2.28. The van der Waals surface area contributed by atoms with Gasteiger partial charge in [0.05, 0.1) is 11.0 Å². The lowest BCUT2D eigenvalue weighted by Gasteiger charge is -2.35. The maximum absolute atomic E-state index is 11.0. The number of rotatable bonds is 4. The van der Waals surface area contributed by atoms with E-state index in [1.165, 1.54) is 17.7 Å². The third-order valence-corrected chi connectivity index (χ3v) is 5.34. The van der Waals surface area contributed by atoms with Crippen molar-refractivity contribution in [1.82, 2.24) is 0 Å². The van der Waals surface area contributed by atoms with Crippen LogP contribution in [0.25, 0.3) is 0 Å². The van der Waals surface area contributed by atoms with Crippen molar-refractivity contribution in [2.24, 2.45) is 10.9 Å². The zero-order chi connectivity index (χ0) is 20.4. The van der Waals surface area contributed by atoms with Crippen molar-refractivity contribution < 1.29 is 9.66 Å². The highest BCUT2D eigenvalue weighted by Crippen LogP contribution is 2.42. The minimum atomic E-state index is -0.384. The van der Waals surface area contributed by atoms with Crippen LogP contribution in [0.15, 0.2) is 83.9 Å². The van der Waals surface area contributed by atoms with E-state index in [9.17, 15) is 10.1 Å². The predicted molar refractivity (Wildman–Crippen MR) is 113 cm³/mol. The fourth-order valence-corrected chi connectivity index (χ4v) is 3.69. The second kappa shape index (κ2) is 7.87. The van der Waals surface area contributed by atoms with E-state index in [0.717, 1.165) is 16.7 Å². The number of nitrogens with zero attached hydrogens (tertiary/aromatic N) is 2. The van der Waals surface area contributed by atoms with Gasteiger partial charge < -0.3 is 4.74 Å². The van der Waals surface area contributed by atoms with E-state index < -0.39 is 0 Å². The Morgan fingerprint density at radius 2 is 1.55 bits per heavy atom. The number of aliphatic imine (C=N–C) groups is 1. The third kappa shape index (κ3) is 3.90. The molecule has 0 radical (unpaired) electrons. The summed E-state index contributed by atoms with van der Waals surface area (Å²) < 4.78 is 6.37. The van der Waals surface area contributed by atoms with Gasteiger partial charge in [0.25, 0.3) is 5.69 Å². The molecule has 3 aromatic rings. The molecule has 0 aromatic heterocycles. The summed E-state index contributed by atoms with van der Waals surface area (Å²) in [5.41, 5.74) is 4.21. The van der Waals surface area contributed by atoms with Crippen LogP contribution in [0.3, 0.4) is 0 Å². The molecule has 146 valence electrons. The van der Waals surface area contributed by atoms with Gasteiger partial charge in [-0.3, -0.25) is 10.1 Å². The Bertz CT molecular complexity index is 1030. The molecule has 0 amide bonds. The molecule has 1 aliphatic heterocycles. The molecule has 5 nitrogen and oxygen atoms in total. The van der Waals surface area contributed by atoms with Gasteiger partial charge >= 0.3 is 0 Å². The zero-order valence-corrected chi connectivity index (χ0v) is 16.4. The number of nitro benzene ring substituents is 1. The molecule has 0 saturated carbocycles. The minimum absolute atomic E-state index is 0.0630. The van der Waals surface area contributed by atoms with Crippen LogP contribution in [0.4, 0.5) is 5.69 Å². The second-order valence-electron chi connectivity index (χ2n) is 7.40. The van der Waals surface area contributed by atoms with E-state index in [1.54, 1.807) is 12.1 Å². The van der Waals surface area contributed by atoms with Gasteiger partial charge in [-0.25, -0.2) is 4.99 Å². The Balaban J connectivity index is 1.77. The molecule has 3 unspecified atom stereocenters. The highest BCUT2D eigenvalue weighted by molar-refractivity contribution is 5.95. The molecule has 1 heterocycles. The largest absolute Gasteiger partial charge is 0.469 e. The smallest absolute Gasteiger partial charge is 0.269 e. The Hall–Kier alpha value is -3.47. The monoisotopic (exact) mass is 386 g/mol. The first-order valence-corrected chi connectivity index (χ1v) is 9.64. The zero-order valence-electron chi connectivity index (χ0n) is 16.4. The SMILES string of the molecule is Cc1ccc(C2=NC(c3ccc([N+](=O)[O-])cc3)C(C)C(c3ccccc3)O2)cc1. The van der Waals surface area contributed by atoms with Gasteiger partial charge in [0, 0.05) is 23.6 Å². The van der Waals surface area contributed by atoms with Crippen molar-refractivity contribution in [3.05, 3.63) is 111 Å². The molecular weight excluding hydrogens is 364 g/mol. The van der Waals surface area contributed by atoms with E-state index in [4.69, 9.17) is 9.73 Å². The second-order valence-corrected chi connectivity index (χ2v) is 7.40. The fraction of sp³-hybridized carbons (Fsp3) is 0.208. The van der Waals surface area contributed by atoms with Crippen LogP contribution in [-0.2, 0) is 4.74 Å². The van der Waals surface area contributed by atoms with Crippen LogP contribution in [0.5, 0.6) is 0 Å². The molecule has 1 aliphatic rings. The predicted octanol–water partition coefficient (Wildman–Crippen LogP) is 5.80. The number of aryl methyl sites for hydroxylation is 1. The van der Waals surface area contributed by atoms with Crippen LogP contribution in [0.2, 0.25) is 0 Å². The first-order chi connectivity index (χ1) is 14.0. The van der Waals surface area contributed by atoms with Gasteiger partial charge in [0.2, 0.25) is 5.90 Å². The maximum Gasteiger partial charge on any atom is 0.269 e. The molecular formula is C24H22N2O3. The molecule has 3 aromatic carbocycles. The van der Waals surface area contributed by atoms with Crippen LogP contribution in [0.1, 0.15) is 41.3 Å². The molecule has 0 fully saturated rings. The van der Waals surface area contributed by atoms with Crippen molar-refractivity contribution in [3.63, 3.8) is 0 Å². The van der Waals surface area contributed by atoms with Gasteiger partial charge in [-0.05, 0) is 30.2 Å². The standard InChI is InChI=1S/C24H22N2O3/c1-16-8-10-20(11-9-16)24-25-22(18-12-14-21(15-13-18)26(27)28)17(2)23(29-24)19-6-4-3-5-7-19/h3-15,17,22-23H,1-2H3. The summed E-state index contributed by atoms with van der Waals surface area (Å²) in [5, 5.41) is 11.0. The van der Waals surface area contributed by atoms with Crippen LogP contribution in [0, 0.1) is 23.0 Å². The number of benzene rings is 3. The fourth-order valence-electron chi connectivity index (χ4n) is 3.69. The van der Waals surface area contributed by atoms with Gasteiger partial charge in [-0.15, -0.1) is 0 Å². The molecule has 0 aliphatic carbocycles. The van der Waals surface area contributed by atoms with E-state index in [-0.39, 0.29) is 28.7 Å². The molecule has 0 saturated heterocycles. The molecule has 0 spiro atoms. The Labute approximate surface area is 169 Å². The summed E-state index contributed by atoms with van der Waals surface area (Å²) in [6, 6.07) is 24.7. The Morgan fingerprint density at radius 3 is 2.17 bits per heavy atom. The summed E-state index contributed by atoms with van der Waals surface area (Å²) in [5.74, 6) is 0.661. The topological polar surface area (TPSA) is 64.7 Å². The molecule has 5 heteroatoms. The van der Waals surface area contributed by atoms with Gasteiger partial charge in [-0.2, -0.15) is 0 Å². The highest BCUT2D eigenvalue weighted by atomic mass is 16.6. The van der Waals surface area contributed by atoms with Gasteiger partial charge in [0.15, 0.2) is 0 Å². The van der Waals surface area contributed by atoms with Crippen molar-refractivity contribution >= 4 is 11.6 Å². The minimum Gasteiger partial charge on any atom is -0.469 e. The lowest BCUT2D eigenvalue weighted by atomic mass is 9.85. The third-order valence-electron chi connectivity index (χ3n) is 5.34.